The molecule has 0 saturated heterocycles. The average Bonchev–Trinajstić information content (AvgIpc) is 2.28. The minimum atomic E-state index is 1.01. The van der Waals surface area contributed by atoms with Crippen LogP contribution in [0.25, 0.3) is 0 Å². The highest BCUT2D eigenvalue weighted by Crippen LogP contribution is 2.22. The lowest BCUT2D eigenvalue weighted by atomic mass is 10.2. The van der Waals surface area contributed by atoms with E-state index in [1.54, 1.807) is 0 Å². The molecule has 2 rings (SSSR count). The van der Waals surface area contributed by atoms with Crippen LogP contribution in [-0.4, -0.2) is 4.98 Å². The van der Waals surface area contributed by atoms with E-state index in [4.69, 9.17) is 0 Å². The van der Waals surface area contributed by atoms with Gasteiger partial charge in [0.2, 0.25) is 0 Å². The van der Waals surface area contributed by atoms with Crippen molar-refractivity contribution < 1.29 is 0 Å². The Bertz CT molecular complexity index is 426. The van der Waals surface area contributed by atoms with E-state index in [2.05, 4.69) is 42.2 Å². The Labute approximate surface area is 94.6 Å². The van der Waals surface area contributed by atoms with E-state index >= 15 is 0 Å². The van der Waals surface area contributed by atoms with Gasteiger partial charge >= 0.3 is 0 Å². The largest absolute Gasteiger partial charge is 0.263 e. The van der Waals surface area contributed by atoms with Crippen LogP contribution in [0.5, 0.6) is 0 Å². The van der Waals surface area contributed by atoms with Gasteiger partial charge in [0.05, 0.1) is 0 Å². The Hall–Kier alpha value is -1.28. The molecule has 1 nitrogen and oxygen atoms in total. The second-order valence-corrected chi connectivity index (χ2v) is 4.52. The van der Waals surface area contributed by atoms with Crippen LogP contribution in [0, 0.1) is 6.92 Å². The summed E-state index contributed by atoms with van der Waals surface area (Å²) >= 11 is 1.83. The summed E-state index contributed by atoms with van der Waals surface area (Å²) in [6.07, 6.45) is 3.80. The molecule has 0 aliphatic heterocycles. The maximum Gasteiger partial charge on any atom is 0.0404 e. The van der Waals surface area contributed by atoms with Gasteiger partial charge in [-0.05, 0) is 24.1 Å². The number of nitrogens with zero attached hydrogens (tertiary/aromatic N) is 1. The van der Waals surface area contributed by atoms with Gasteiger partial charge in [-0.1, -0.05) is 30.3 Å². The Morgan fingerprint density at radius 1 is 1.13 bits per heavy atom. The van der Waals surface area contributed by atoms with Crippen molar-refractivity contribution in [2.75, 3.05) is 0 Å². The standard InChI is InChI=1S/C13H13NS/c1-11-7-13(9-14-8-11)15-10-12-5-3-2-4-6-12/h2-9H,10H2,1H3. The summed E-state index contributed by atoms with van der Waals surface area (Å²) < 4.78 is 0. The molecule has 1 aromatic heterocycles. The number of rotatable bonds is 3. The van der Waals surface area contributed by atoms with E-state index in [1.165, 1.54) is 16.0 Å². The van der Waals surface area contributed by atoms with E-state index in [0.29, 0.717) is 0 Å². The first-order valence-corrected chi connectivity index (χ1v) is 5.91. The number of aromatic nitrogens is 1. The van der Waals surface area contributed by atoms with Crippen molar-refractivity contribution in [3.8, 4) is 0 Å². The molecule has 76 valence electrons. The van der Waals surface area contributed by atoms with E-state index in [0.717, 1.165) is 5.75 Å². The number of benzene rings is 1. The second kappa shape index (κ2) is 4.99. The second-order valence-electron chi connectivity index (χ2n) is 3.47. The molecule has 2 heteroatoms. The summed E-state index contributed by atoms with van der Waals surface area (Å²) in [5.74, 6) is 1.01. The highest BCUT2D eigenvalue weighted by Gasteiger charge is 1.96. The number of hydrogen-bond donors (Lipinski definition) is 0. The topological polar surface area (TPSA) is 12.9 Å². The van der Waals surface area contributed by atoms with Gasteiger partial charge in [0, 0.05) is 23.0 Å². The van der Waals surface area contributed by atoms with Gasteiger partial charge in [0.25, 0.3) is 0 Å². The fourth-order valence-corrected chi connectivity index (χ4v) is 2.28. The zero-order valence-corrected chi connectivity index (χ0v) is 9.50. The maximum atomic E-state index is 4.18. The number of thioether (sulfide) groups is 1. The van der Waals surface area contributed by atoms with Crippen LogP contribution in [0.3, 0.4) is 0 Å². The Morgan fingerprint density at radius 2 is 1.93 bits per heavy atom. The van der Waals surface area contributed by atoms with Crippen LogP contribution in [0.15, 0.2) is 53.7 Å². The quantitative estimate of drug-likeness (QED) is 0.724. The van der Waals surface area contributed by atoms with Crippen molar-refractivity contribution in [3.05, 3.63) is 59.9 Å². The molecule has 0 atom stereocenters. The van der Waals surface area contributed by atoms with Crippen molar-refractivity contribution in [1.82, 2.24) is 4.98 Å². The van der Waals surface area contributed by atoms with Crippen molar-refractivity contribution in [2.45, 2.75) is 17.6 Å². The molecule has 0 saturated carbocycles. The molecular weight excluding hydrogens is 202 g/mol. The molecule has 15 heavy (non-hydrogen) atoms. The lowest BCUT2D eigenvalue weighted by Gasteiger charge is -2.02. The predicted molar refractivity (Wildman–Crippen MR) is 65.0 cm³/mol. The van der Waals surface area contributed by atoms with Crippen LogP contribution in [-0.2, 0) is 5.75 Å². The minimum absolute atomic E-state index is 1.01. The lowest BCUT2D eigenvalue weighted by Crippen LogP contribution is -1.82. The normalized spacial score (nSPS) is 10.2. The molecule has 0 radical (unpaired) electrons. The predicted octanol–water partition coefficient (Wildman–Crippen LogP) is 3.68. The molecule has 0 fully saturated rings. The van der Waals surface area contributed by atoms with Gasteiger partial charge in [-0.15, -0.1) is 11.8 Å². The fourth-order valence-electron chi connectivity index (χ4n) is 1.35. The summed E-state index contributed by atoms with van der Waals surface area (Å²) in [4.78, 5) is 5.41. The van der Waals surface area contributed by atoms with Crippen molar-refractivity contribution in [1.29, 1.82) is 0 Å². The first-order valence-electron chi connectivity index (χ1n) is 4.93. The molecule has 0 amide bonds. The highest BCUT2D eigenvalue weighted by atomic mass is 32.2. The molecular formula is C13H13NS. The molecule has 1 heterocycles. The monoisotopic (exact) mass is 215 g/mol. The van der Waals surface area contributed by atoms with Crippen molar-refractivity contribution >= 4 is 11.8 Å². The molecule has 0 spiro atoms. The van der Waals surface area contributed by atoms with E-state index in [1.807, 2.05) is 30.2 Å². The van der Waals surface area contributed by atoms with E-state index in [9.17, 15) is 0 Å². The van der Waals surface area contributed by atoms with E-state index < -0.39 is 0 Å². The van der Waals surface area contributed by atoms with Crippen LogP contribution in [0.2, 0.25) is 0 Å². The Morgan fingerprint density at radius 3 is 2.67 bits per heavy atom. The van der Waals surface area contributed by atoms with Gasteiger partial charge in [-0.25, -0.2) is 0 Å². The minimum Gasteiger partial charge on any atom is -0.263 e. The molecule has 1 aromatic carbocycles. The van der Waals surface area contributed by atoms with Crippen LogP contribution < -0.4 is 0 Å². The summed E-state index contributed by atoms with van der Waals surface area (Å²) in [6, 6.07) is 12.7. The first kappa shape index (κ1) is 10.2. The van der Waals surface area contributed by atoms with E-state index in [-0.39, 0.29) is 0 Å². The van der Waals surface area contributed by atoms with Gasteiger partial charge in [-0.2, -0.15) is 0 Å². The van der Waals surface area contributed by atoms with Crippen molar-refractivity contribution in [2.24, 2.45) is 0 Å². The van der Waals surface area contributed by atoms with Crippen LogP contribution in [0.1, 0.15) is 11.1 Å². The third kappa shape index (κ3) is 3.10. The third-order valence-electron chi connectivity index (χ3n) is 2.10. The SMILES string of the molecule is Cc1cncc(SCc2ccccc2)c1. The highest BCUT2D eigenvalue weighted by molar-refractivity contribution is 7.98. The van der Waals surface area contributed by atoms with Gasteiger partial charge in [0.15, 0.2) is 0 Å². The zero-order valence-electron chi connectivity index (χ0n) is 8.68. The Balaban J connectivity index is 1.99. The molecule has 0 N–H and O–H groups in total. The number of pyridine rings is 1. The average molecular weight is 215 g/mol. The number of hydrogen-bond acceptors (Lipinski definition) is 2. The molecule has 0 unspecified atom stereocenters. The summed E-state index contributed by atoms with van der Waals surface area (Å²) in [5.41, 5.74) is 2.57. The van der Waals surface area contributed by atoms with Crippen LogP contribution >= 0.6 is 11.8 Å². The fraction of sp³-hybridized carbons (Fsp3) is 0.154. The number of aryl methyl sites for hydroxylation is 1. The van der Waals surface area contributed by atoms with Gasteiger partial charge in [-0.3, -0.25) is 4.98 Å². The maximum absolute atomic E-state index is 4.18. The lowest BCUT2D eigenvalue weighted by molar-refractivity contribution is 1.19. The van der Waals surface area contributed by atoms with Crippen molar-refractivity contribution in [3.63, 3.8) is 0 Å². The molecule has 0 bridgehead atoms. The summed E-state index contributed by atoms with van der Waals surface area (Å²) in [7, 11) is 0. The van der Waals surface area contributed by atoms with Crippen LogP contribution in [0.4, 0.5) is 0 Å². The zero-order chi connectivity index (χ0) is 10.5. The van der Waals surface area contributed by atoms with Gasteiger partial charge < -0.3 is 0 Å². The Kier molecular flexibility index (Phi) is 3.41. The summed E-state index contributed by atoms with van der Waals surface area (Å²) in [6.45, 7) is 2.07. The first-order chi connectivity index (χ1) is 7.34. The smallest absolute Gasteiger partial charge is 0.0404 e. The van der Waals surface area contributed by atoms with Gasteiger partial charge in [0.1, 0.15) is 0 Å². The third-order valence-corrected chi connectivity index (χ3v) is 3.13. The molecule has 0 aliphatic carbocycles. The summed E-state index contributed by atoms with van der Waals surface area (Å²) in [5, 5.41) is 0. The molecule has 2 aromatic rings. The molecule has 0 aliphatic rings.